The van der Waals surface area contributed by atoms with E-state index < -0.39 is 28.5 Å². The van der Waals surface area contributed by atoms with E-state index in [2.05, 4.69) is 5.32 Å². The summed E-state index contributed by atoms with van der Waals surface area (Å²) in [6.07, 6.45) is 0.370. The second-order valence-electron chi connectivity index (χ2n) is 9.37. The number of hydrogen-bond donors (Lipinski definition) is 1. The van der Waals surface area contributed by atoms with Crippen molar-refractivity contribution in [2.45, 2.75) is 44.7 Å². The number of nitrogens with zero attached hydrogens (tertiary/aromatic N) is 2. The average molecular weight is 556 g/mol. The Labute approximate surface area is 230 Å². The van der Waals surface area contributed by atoms with Crippen molar-refractivity contribution in [3.63, 3.8) is 0 Å². The van der Waals surface area contributed by atoms with Gasteiger partial charge in [0.25, 0.3) is 10.0 Å². The molecule has 38 heavy (non-hydrogen) atoms. The van der Waals surface area contributed by atoms with E-state index >= 15 is 0 Å². The van der Waals surface area contributed by atoms with E-state index in [9.17, 15) is 18.0 Å². The summed E-state index contributed by atoms with van der Waals surface area (Å²) < 4.78 is 28.5. The fourth-order valence-corrected chi connectivity index (χ4v) is 5.54. The van der Waals surface area contributed by atoms with Gasteiger partial charge >= 0.3 is 0 Å². The van der Waals surface area contributed by atoms with Crippen molar-refractivity contribution in [1.82, 2.24) is 10.2 Å². The molecule has 0 saturated carbocycles. The average Bonchev–Trinajstić information content (AvgIpc) is 2.92. The number of benzene rings is 3. The van der Waals surface area contributed by atoms with Crippen LogP contribution in [0.4, 0.5) is 5.69 Å². The quantitative estimate of drug-likeness (QED) is 0.336. The van der Waals surface area contributed by atoms with Gasteiger partial charge < -0.3 is 10.2 Å². The van der Waals surface area contributed by atoms with Crippen LogP contribution in [-0.4, -0.2) is 44.3 Å². The summed E-state index contributed by atoms with van der Waals surface area (Å²) in [5, 5.41) is 3.36. The van der Waals surface area contributed by atoms with E-state index in [1.54, 1.807) is 42.5 Å². The number of halogens is 1. The molecule has 3 aromatic rings. The monoisotopic (exact) mass is 555 g/mol. The van der Waals surface area contributed by atoms with Crippen molar-refractivity contribution in [1.29, 1.82) is 0 Å². The Bertz CT molecular complexity index is 1300. The van der Waals surface area contributed by atoms with Crippen LogP contribution in [-0.2, 0) is 26.2 Å². The lowest BCUT2D eigenvalue weighted by molar-refractivity contribution is -0.140. The summed E-state index contributed by atoms with van der Waals surface area (Å²) in [5.41, 5.74) is 1.13. The van der Waals surface area contributed by atoms with Crippen LogP contribution in [0.15, 0.2) is 89.8 Å². The van der Waals surface area contributed by atoms with Crippen LogP contribution >= 0.6 is 11.6 Å². The summed E-state index contributed by atoms with van der Waals surface area (Å²) in [4.78, 5) is 28.6. The molecule has 9 heteroatoms. The van der Waals surface area contributed by atoms with Gasteiger partial charge in [-0.3, -0.25) is 13.9 Å². The zero-order valence-electron chi connectivity index (χ0n) is 21.9. The van der Waals surface area contributed by atoms with E-state index in [0.717, 1.165) is 9.87 Å². The molecule has 0 saturated heterocycles. The molecule has 2 amide bonds. The molecule has 0 bridgehead atoms. The van der Waals surface area contributed by atoms with Gasteiger partial charge in [0.1, 0.15) is 12.6 Å². The molecule has 0 aliphatic heterocycles. The predicted octanol–water partition coefficient (Wildman–Crippen LogP) is 5.11. The van der Waals surface area contributed by atoms with Crippen LogP contribution in [0.1, 0.15) is 32.8 Å². The van der Waals surface area contributed by atoms with E-state index in [1.807, 2.05) is 51.1 Å². The number of carbonyl (C=O) groups excluding carboxylic acids is 2. The third kappa shape index (κ3) is 7.58. The minimum atomic E-state index is -4.10. The van der Waals surface area contributed by atoms with Crippen molar-refractivity contribution in [2.24, 2.45) is 5.92 Å². The Hall–Kier alpha value is -3.36. The smallest absolute Gasteiger partial charge is 0.264 e. The molecule has 3 rings (SSSR count). The maximum Gasteiger partial charge on any atom is 0.264 e. The second kappa shape index (κ2) is 13.4. The fraction of sp³-hybridized carbons (Fsp3) is 0.310. The van der Waals surface area contributed by atoms with Crippen LogP contribution in [0.3, 0.4) is 0 Å². The maximum atomic E-state index is 13.9. The normalized spacial score (nSPS) is 12.1. The van der Waals surface area contributed by atoms with Crippen molar-refractivity contribution in [2.75, 3.05) is 17.4 Å². The van der Waals surface area contributed by atoms with Crippen LogP contribution in [0.2, 0.25) is 5.02 Å². The van der Waals surface area contributed by atoms with Gasteiger partial charge in [-0.05, 0) is 54.3 Å². The first-order valence-corrected chi connectivity index (χ1v) is 14.4. The standard InChI is InChI=1S/C29H34ClN3O4S/c1-4-27(29(35)31-19-22(2)3)32(20-23-11-7-5-8-12-23)28(34)21-33(25-17-15-24(30)16-18-25)38(36,37)26-13-9-6-10-14-26/h5-18,22,27H,4,19-21H2,1-3H3,(H,31,35). The second-order valence-corrected chi connectivity index (χ2v) is 11.7. The Kier molecular flexibility index (Phi) is 10.3. The lowest BCUT2D eigenvalue weighted by Gasteiger charge is -2.33. The molecule has 0 fully saturated rings. The first kappa shape index (κ1) is 29.2. The van der Waals surface area contributed by atoms with Crippen LogP contribution in [0, 0.1) is 5.92 Å². The van der Waals surface area contributed by atoms with E-state index in [0.29, 0.717) is 23.7 Å². The third-order valence-electron chi connectivity index (χ3n) is 5.99. The zero-order valence-corrected chi connectivity index (χ0v) is 23.5. The molecule has 7 nitrogen and oxygen atoms in total. The van der Waals surface area contributed by atoms with Gasteiger partial charge in [0.2, 0.25) is 11.8 Å². The molecule has 202 valence electrons. The maximum absolute atomic E-state index is 13.9. The van der Waals surface area contributed by atoms with Crippen LogP contribution in [0.25, 0.3) is 0 Å². The zero-order chi connectivity index (χ0) is 27.7. The Balaban J connectivity index is 2.01. The number of hydrogen-bond acceptors (Lipinski definition) is 4. The molecule has 0 heterocycles. The largest absolute Gasteiger partial charge is 0.354 e. The minimum Gasteiger partial charge on any atom is -0.354 e. The van der Waals surface area contributed by atoms with Crippen LogP contribution < -0.4 is 9.62 Å². The summed E-state index contributed by atoms with van der Waals surface area (Å²) in [7, 11) is -4.10. The molecule has 1 unspecified atom stereocenters. The predicted molar refractivity (Wildman–Crippen MR) is 151 cm³/mol. The lowest BCUT2D eigenvalue weighted by Crippen LogP contribution is -2.52. The van der Waals surface area contributed by atoms with Crippen molar-refractivity contribution in [3.8, 4) is 0 Å². The molecular formula is C29H34ClN3O4S. The van der Waals surface area contributed by atoms with Crippen molar-refractivity contribution >= 4 is 39.1 Å². The highest BCUT2D eigenvalue weighted by Crippen LogP contribution is 2.26. The number of anilines is 1. The molecule has 0 aromatic heterocycles. The molecule has 1 atom stereocenters. The summed E-state index contributed by atoms with van der Waals surface area (Å²) in [5.74, 6) is -0.518. The summed E-state index contributed by atoms with van der Waals surface area (Å²) >= 11 is 6.05. The van der Waals surface area contributed by atoms with E-state index in [4.69, 9.17) is 11.6 Å². The SMILES string of the molecule is CCC(C(=O)NCC(C)C)N(Cc1ccccc1)C(=O)CN(c1ccc(Cl)cc1)S(=O)(=O)c1ccccc1. The number of amides is 2. The number of carbonyl (C=O) groups is 2. The summed E-state index contributed by atoms with van der Waals surface area (Å²) in [6, 6.07) is 22.8. The number of sulfonamides is 1. The summed E-state index contributed by atoms with van der Waals surface area (Å²) in [6.45, 7) is 5.97. The molecular weight excluding hydrogens is 522 g/mol. The Morgan fingerprint density at radius 2 is 1.47 bits per heavy atom. The highest BCUT2D eigenvalue weighted by atomic mass is 35.5. The number of rotatable bonds is 12. The highest BCUT2D eigenvalue weighted by molar-refractivity contribution is 7.92. The molecule has 3 aromatic carbocycles. The van der Waals surface area contributed by atoms with Gasteiger partial charge in [-0.2, -0.15) is 0 Å². The minimum absolute atomic E-state index is 0.0547. The molecule has 0 aliphatic rings. The van der Waals surface area contributed by atoms with Crippen molar-refractivity contribution in [3.05, 3.63) is 95.5 Å². The topological polar surface area (TPSA) is 86.8 Å². The van der Waals surface area contributed by atoms with Crippen molar-refractivity contribution < 1.29 is 18.0 Å². The molecule has 0 radical (unpaired) electrons. The van der Waals surface area contributed by atoms with Gasteiger partial charge in [0, 0.05) is 18.1 Å². The van der Waals surface area contributed by atoms with E-state index in [1.165, 1.54) is 17.0 Å². The van der Waals surface area contributed by atoms with Gasteiger partial charge in [-0.15, -0.1) is 0 Å². The lowest BCUT2D eigenvalue weighted by atomic mass is 10.1. The van der Waals surface area contributed by atoms with Gasteiger partial charge in [0.15, 0.2) is 0 Å². The molecule has 0 aliphatic carbocycles. The first-order valence-electron chi connectivity index (χ1n) is 12.6. The fourth-order valence-electron chi connectivity index (χ4n) is 3.98. The van der Waals surface area contributed by atoms with Gasteiger partial charge in [0.05, 0.1) is 10.6 Å². The van der Waals surface area contributed by atoms with Gasteiger partial charge in [-0.25, -0.2) is 8.42 Å². The molecule has 1 N–H and O–H groups in total. The van der Waals surface area contributed by atoms with Gasteiger partial charge in [-0.1, -0.05) is 80.9 Å². The number of nitrogens with one attached hydrogen (secondary N) is 1. The highest BCUT2D eigenvalue weighted by Gasteiger charge is 2.33. The molecule has 0 spiro atoms. The Morgan fingerprint density at radius 1 is 0.895 bits per heavy atom. The van der Waals surface area contributed by atoms with Crippen LogP contribution in [0.5, 0.6) is 0 Å². The van der Waals surface area contributed by atoms with E-state index in [-0.39, 0.29) is 23.3 Å². The third-order valence-corrected chi connectivity index (χ3v) is 8.03. The Morgan fingerprint density at radius 3 is 2.03 bits per heavy atom. The first-order chi connectivity index (χ1) is 18.1.